The molecule has 1 heterocycles. The minimum absolute atomic E-state index is 0.0543. The number of nitrogens with one attached hydrogen (secondary N) is 1. The molecular weight excluding hydrogens is 428 g/mol. The molecule has 1 aromatic heterocycles. The first-order valence-electron chi connectivity index (χ1n) is 12.4. The molecule has 33 heavy (non-hydrogen) atoms. The van der Waals surface area contributed by atoms with Gasteiger partial charge in [0, 0.05) is 22.5 Å². The van der Waals surface area contributed by atoms with Gasteiger partial charge in [-0.3, -0.25) is 4.79 Å². The fraction of sp³-hybridized carbons (Fsp3) is 0.481. The van der Waals surface area contributed by atoms with E-state index in [0.717, 1.165) is 49.7 Å². The topological polar surface area (TPSA) is 71.2 Å². The van der Waals surface area contributed by atoms with Crippen LogP contribution >= 0.6 is 11.3 Å². The molecule has 0 radical (unpaired) electrons. The van der Waals surface area contributed by atoms with Crippen LogP contribution in [0.1, 0.15) is 60.0 Å². The molecule has 174 valence electrons. The molecule has 3 N–H and O–H groups in total. The number of aryl methyl sites for hydroxylation is 1. The van der Waals surface area contributed by atoms with Crippen LogP contribution in [-0.2, 0) is 12.8 Å². The molecule has 3 aromatic rings. The van der Waals surface area contributed by atoms with Crippen LogP contribution in [0.2, 0.25) is 0 Å². The normalized spacial score (nSPS) is 22.2. The number of aromatic nitrogens is 1. The minimum Gasteiger partial charge on any atom is -0.375 e. The van der Waals surface area contributed by atoms with Gasteiger partial charge in [-0.05, 0) is 86.9 Å². The first-order valence-corrected chi connectivity index (χ1v) is 13.2. The number of fused-ring (bicyclic) bond motifs is 2. The highest BCUT2D eigenvalue weighted by molar-refractivity contribution is 7.15. The Kier molecular flexibility index (Phi) is 6.65. The van der Waals surface area contributed by atoms with E-state index in [0.29, 0.717) is 23.1 Å². The third kappa shape index (κ3) is 5.07. The Morgan fingerprint density at radius 2 is 2.00 bits per heavy atom. The third-order valence-electron chi connectivity index (χ3n) is 7.36. The van der Waals surface area contributed by atoms with Gasteiger partial charge < -0.3 is 16.0 Å². The van der Waals surface area contributed by atoms with Crippen molar-refractivity contribution < 1.29 is 4.79 Å². The van der Waals surface area contributed by atoms with Crippen molar-refractivity contribution >= 4 is 33.1 Å². The van der Waals surface area contributed by atoms with Crippen molar-refractivity contribution in [1.29, 1.82) is 0 Å². The van der Waals surface area contributed by atoms with E-state index in [4.69, 9.17) is 5.73 Å². The Morgan fingerprint density at radius 1 is 1.18 bits per heavy atom. The van der Waals surface area contributed by atoms with Crippen LogP contribution in [-0.4, -0.2) is 41.0 Å². The third-order valence-corrected chi connectivity index (χ3v) is 8.31. The van der Waals surface area contributed by atoms with Gasteiger partial charge in [0.15, 0.2) is 5.13 Å². The van der Waals surface area contributed by atoms with Gasteiger partial charge in [0.2, 0.25) is 0 Å². The van der Waals surface area contributed by atoms with Crippen molar-refractivity contribution in [3.05, 3.63) is 58.6 Å². The van der Waals surface area contributed by atoms with Gasteiger partial charge in [0.05, 0.1) is 5.69 Å². The van der Waals surface area contributed by atoms with Crippen LogP contribution in [0.3, 0.4) is 0 Å². The summed E-state index contributed by atoms with van der Waals surface area (Å²) >= 11 is 1.67. The van der Waals surface area contributed by atoms with E-state index >= 15 is 0 Å². The maximum Gasteiger partial charge on any atom is 0.251 e. The van der Waals surface area contributed by atoms with Crippen LogP contribution in [0.25, 0.3) is 10.8 Å². The van der Waals surface area contributed by atoms with Crippen molar-refractivity contribution in [3.63, 3.8) is 0 Å². The smallest absolute Gasteiger partial charge is 0.251 e. The quantitative estimate of drug-likeness (QED) is 0.492. The molecule has 1 saturated carbocycles. The second kappa shape index (κ2) is 9.82. The van der Waals surface area contributed by atoms with E-state index in [-0.39, 0.29) is 5.91 Å². The number of hydrogen-bond acceptors (Lipinski definition) is 5. The molecule has 2 aliphatic carbocycles. The zero-order valence-electron chi connectivity index (χ0n) is 19.4. The summed E-state index contributed by atoms with van der Waals surface area (Å²) in [6.45, 7) is 4.58. The molecule has 1 amide bonds. The summed E-state index contributed by atoms with van der Waals surface area (Å²) in [5, 5.41) is 6.25. The summed E-state index contributed by atoms with van der Waals surface area (Å²) in [4.78, 5) is 21.3. The van der Waals surface area contributed by atoms with Gasteiger partial charge in [-0.25, -0.2) is 4.98 Å². The molecule has 5 nitrogen and oxygen atoms in total. The Balaban J connectivity index is 1.09. The predicted molar refractivity (Wildman–Crippen MR) is 137 cm³/mol. The van der Waals surface area contributed by atoms with E-state index < -0.39 is 0 Å². The summed E-state index contributed by atoms with van der Waals surface area (Å²) in [6, 6.07) is 15.1. The minimum atomic E-state index is 0.0543. The number of nitrogen functional groups attached to an aromatic ring is 1. The first kappa shape index (κ1) is 22.4. The number of hydrogen-bond donors (Lipinski definition) is 2. The summed E-state index contributed by atoms with van der Waals surface area (Å²) in [5.74, 6) is 0.767. The molecule has 6 heteroatoms. The first-order chi connectivity index (χ1) is 16.1. The molecule has 0 bridgehead atoms. The van der Waals surface area contributed by atoms with Crippen molar-refractivity contribution in [2.75, 3.05) is 18.8 Å². The Bertz CT molecular complexity index is 1120. The van der Waals surface area contributed by atoms with Crippen molar-refractivity contribution in [2.24, 2.45) is 5.92 Å². The Morgan fingerprint density at radius 3 is 2.82 bits per heavy atom. The molecule has 5 rings (SSSR count). The molecule has 0 aliphatic heterocycles. The van der Waals surface area contributed by atoms with Crippen molar-refractivity contribution in [1.82, 2.24) is 15.2 Å². The van der Waals surface area contributed by atoms with E-state index in [9.17, 15) is 4.79 Å². The zero-order valence-corrected chi connectivity index (χ0v) is 20.2. The zero-order chi connectivity index (χ0) is 22.8. The number of amides is 1. The van der Waals surface area contributed by atoms with Gasteiger partial charge in [-0.1, -0.05) is 37.3 Å². The summed E-state index contributed by atoms with van der Waals surface area (Å²) < 4.78 is 0. The van der Waals surface area contributed by atoms with E-state index in [1.165, 1.54) is 35.2 Å². The monoisotopic (exact) mass is 462 g/mol. The fourth-order valence-corrected chi connectivity index (χ4v) is 6.44. The lowest BCUT2D eigenvalue weighted by atomic mass is 9.78. The number of nitrogens with zero attached hydrogens (tertiary/aromatic N) is 2. The van der Waals surface area contributed by atoms with Gasteiger partial charge in [-0.15, -0.1) is 11.3 Å². The number of carbonyl (C=O) groups is 1. The number of anilines is 1. The average molecular weight is 463 g/mol. The molecule has 0 saturated heterocycles. The molecular formula is C27H34N4OS. The summed E-state index contributed by atoms with van der Waals surface area (Å²) in [7, 11) is 0. The van der Waals surface area contributed by atoms with Gasteiger partial charge in [-0.2, -0.15) is 0 Å². The maximum absolute atomic E-state index is 12.7. The van der Waals surface area contributed by atoms with Gasteiger partial charge in [0.25, 0.3) is 5.91 Å². The van der Waals surface area contributed by atoms with Gasteiger partial charge in [0.1, 0.15) is 0 Å². The highest BCUT2D eigenvalue weighted by Gasteiger charge is 2.32. The second-order valence-electron chi connectivity index (χ2n) is 9.71. The highest BCUT2D eigenvalue weighted by Crippen LogP contribution is 2.33. The van der Waals surface area contributed by atoms with Crippen LogP contribution in [0.4, 0.5) is 5.13 Å². The number of benzene rings is 2. The largest absolute Gasteiger partial charge is 0.375 e. The summed E-state index contributed by atoms with van der Waals surface area (Å²) in [6.07, 6.45) is 7.93. The Labute approximate surface area is 200 Å². The molecule has 2 aliphatic rings. The van der Waals surface area contributed by atoms with Crippen LogP contribution in [0.15, 0.2) is 42.5 Å². The lowest BCUT2D eigenvalue weighted by molar-refractivity contribution is 0.0869. The second-order valence-corrected chi connectivity index (χ2v) is 10.8. The fourth-order valence-electron chi connectivity index (χ4n) is 5.49. The lowest BCUT2D eigenvalue weighted by Gasteiger charge is -2.39. The van der Waals surface area contributed by atoms with E-state index in [1.807, 2.05) is 30.3 Å². The SMILES string of the molecule is CCCN(CCC1CC(NC(=O)c2ccc3ccccc3c2)C1)[C@H]1CCc2nc(N)sc2C1. The molecule has 0 unspecified atom stereocenters. The van der Waals surface area contributed by atoms with E-state index in [2.05, 4.69) is 34.3 Å². The van der Waals surface area contributed by atoms with E-state index in [1.54, 1.807) is 11.3 Å². The van der Waals surface area contributed by atoms with Crippen LogP contribution in [0.5, 0.6) is 0 Å². The predicted octanol–water partition coefficient (Wildman–Crippen LogP) is 5.05. The number of carbonyl (C=O) groups excluding carboxylic acids is 1. The van der Waals surface area contributed by atoms with Gasteiger partial charge >= 0.3 is 0 Å². The van der Waals surface area contributed by atoms with Crippen LogP contribution in [0, 0.1) is 5.92 Å². The number of rotatable bonds is 8. The number of thiazole rings is 1. The number of nitrogens with two attached hydrogens (primary N) is 1. The van der Waals surface area contributed by atoms with Crippen LogP contribution < -0.4 is 11.1 Å². The average Bonchev–Trinajstić information content (AvgIpc) is 3.18. The summed E-state index contributed by atoms with van der Waals surface area (Å²) in [5.41, 5.74) is 7.92. The standard InChI is InChI=1S/C27H34N4OS/c1-2-12-31(23-9-10-24-25(17-23)33-27(28)30-24)13-11-18-14-22(15-18)29-26(32)21-8-7-19-5-3-4-6-20(19)16-21/h3-8,16,18,22-23H,2,9-15,17H2,1H3,(H2,28,30)(H,29,32)/t18?,22?,23-/m0/s1. The molecule has 0 spiro atoms. The molecule has 1 fully saturated rings. The van der Waals surface area contributed by atoms with Crippen molar-refractivity contribution in [3.8, 4) is 0 Å². The molecule has 1 atom stereocenters. The lowest BCUT2D eigenvalue weighted by Crippen LogP contribution is -2.46. The Hall–Kier alpha value is -2.44. The highest BCUT2D eigenvalue weighted by atomic mass is 32.1. The molecule has 2 aromatic carbocycles. The van der Waals surface area contributed by atoms with Crippen molar-refractivity contribution in [2.45, 2.75) is 64.0 Å². The maximum atomic E-state index is 12.7.